The SMILES string of the molecule is Cc1cc(C)c(Nc2cc(C)nc(N3CCCC(C)C3)n2)c(Cl)c1. The van der Waals surface area contributed by atoms with E-state index in [1.165, 1.54) is 12.8 Å². The number of aromatic nitrogens is 2. The Morgan fingerprint density at radius 2 is 1.96 bits per heavy atom. The molecular weight excluding hydrogens is 320 g/mol. The molecule has 0 amide bonds. The van der Waals surface area contributed by atoms with Gasteiger partial charge in [0.1, 0.15) is 5.82 Å². The van der Waals surface area contributed by atoms with Gasteiger partial charge in [0.15, 0.2) is 0 Å². The third kappa shape index (κ3) is 3.81. The van der Waals surface area contributed by atoms with Gasteiger partial charge in [0.2, 0.25) is 5.95 Å². The summed E-state index contributed by atoms with van der Waals surface area (Å²) in [5.74, 6) is 2.29. The number of nitrogens with one attached hydrogen (secondary N) is 1. The Morgan fingerprint density at radius 1 is 1.17 bits per heavy atom. The fourth-order valence-corrected chi connectivity index (χ4v) is 3.70. The van der Waals surface area contributed by atoms with Crippen molar-refractivity contribution in [2.24, 2.45) is 5.92 Å². The third-order valence-corrected chi connectivity index (χ3v) is 4.77. The summed E-state index contributed by atoms with van der Waals surface area (Å²) in [6, 6.07) is 6.06. The highest BCUT2D eigenvalue weighted by atomic mass is 35.5. The van der Waals surface area contributed by atoms with Gasteiger partial charge in [0.05, 0.1) is 10.7 Å². The molecule has 1 aliphatic rings. The fraction of sp³-hybridized carbons (Fsp3) is 0.474. The molecule has 1 aromatic heterocycles. The smallest absolute Gasteiger partial charge is 0.227 e. The summed E-state index contributed by atoms with van der Waals surface area (Å²) in [5.41, 5.74) is 4.15. The lowest BCUT2D eigenvalue weighted by atomic mass is 10.0. The van der Waals surface area contributed by atoms with Crippen molar-refractivity contribution in [3.63, 3.8) is 0 Å². The first kappa shape index (κ1) is 17.0. The number of halogens is 1. The number of nitrogens with zero attached hydrogens (tertiary/aromatic N) is 3. The Balaban J connectivity index is 1.89. The molecule has 4 nitrogen and oxygen atoms in total. The van der Waals surface area contributed by atoms with Gasteiger partial charge in [-0.3, -0.25) is 0 Å². The van der Waals surface area contributed by atoms with Crippen molar-refractivity contribution in [1.29, 1.82) is 0 Å². The average molecular weight is 345 g/mol. The van der Waals surface area contributed by atoms with Crippen LogP contribution in [-0.4, -0.2) is 23.1 Å². The van der Waals surface area contributed by atoms with Crippen LogP contribution in [0, 0.1) is 26.7 Å². The number of hydrogen-bond donors (Lipinski definition) is 1. The number of anilines is 3. The van der Waals surface area contributed by atoms with Gasteiger partial charge in [-0.15, -0.1) is 0 Å². The van der Waals surface area contributed by atoms with E-state index in [-0.39, 0.29) is 0 Å². The zero-order valence-corrected chi connectivity index (χ0v) is 15.6. The molecule has 0 saturated carbocycles. The summed E-state index contributed by atoms with van der Waals surface area (Å²) in [5, 5.41) is 4.11. The number of benzene rings is 1. The molecule has 1 fully saturated rings. The standard InChI is InChI=1S/C19H25ClN4/c1-12-6-5-7-24(11-12)19-21-15(4)10-17(23-19)22-18-14(3)8-13(2)9-16(18)20/h8-10,12H,5-7,11H2,1-4H3,(H,21,22,23). The summed E-state index contributed by atoms with van der Waals surface area (Å²) in [4.78, 5) is 11.7. The lowest BCUT2D eigenvalue weighted by Crippen LogP contribution is -2.35. The highest BCUT2D eigenvalue weighted by Crippen LogP contribution is 2.30. The van der Waals surface area contributed by atoms with Crippen LogP contribution in [0.5, 0.6) is 0 Å². The molecule has 1 saturated heterocycles. The van der Waals surface area contributed by atoms with Gasteiger partial charge >= 0.3 is 0 Å². The Hall–Kier alpha value is -1.81. The average Bonchev–Trinajstić information content (AvgIpc) is 2.50. The molecule has 24 heavy (non-hydrogen) atoms. The molecule has 5 heteroatoms. The van der Waals surface area contributed by atoms with Gasteiger partial charge in [0.25, 0.3) is 0 Å². The molecule has 1 aromatic carbocycles. The van der Waals surface area contributed by atoms with E-state index >= 15 is 0 Å². The maximum absolute atomic E-state index is 6.42. The molecule has 0 bridgehead atoms. The largest absolute Gasteiger partial charge is 0.340 e. The monoisotopic (exact) mass is 344 g/mol. The minimum atomic E-state index is 0.688. The number of piperidine rings is 1. The molecule has 2 aromatic rings. The van der Waals surface area contributed by atoms with Crippen LogP contribution in [0.3, 0.4) is 0 Å². The van der Waals surface area contributed by atoms with Crippen LogP contribution in [0.1, 0.15) is 36.6 Å². The van der Waals surface area contributed by atoms with Crippen molar-refractivity contribution in [3.8, 4) is 0 Å². The van der Waals surface area contributed by atoms with Gasteiger partial charge in [-0.05, 0) is 56.7 Å². The lowest BCUT2D eigenvalue weighted by Gasteiger charge is -2.31. The first-order chi connectivity index (χ1) is 11.4. The quantitative estimate of drug-likeness (QED) is 0.847. The minimum absolute atomic E-state index is 0.688. The molecule has 2 heterocycles. The van der Waals surface area contributed by atoms with Crippen LogP contribution in [0.25, 0.3) is 0 Å². The molecule has 0 aliphatic carbocycles. The molecule has 0 radical (unpaired) electrons. The molecule has 128 valence electrons. The molecule has 3 rings (SSSR count). The Labute approximate surface area is 149 Å². The predicted octanol–water partition coefficient (Wildman–Crippen LogP) is 5.04. The summed E-state index contributed by atoms with van der Waals surface area (Å²) >= 11 is 6.42. The maximum Gasteiger partial charge on any atom is 0.227 e. The minimum Gasteiger partial charge on any atom is -0.340 e. The summed E-state index contributed by atoms with van der Waals surface area (Å²) in [7, 11) is 0. The van der Waals surface area contributed by atoms with Crippen molar-refractivity contribution in [2.45, 2.75) is 40.5 Å². The molecular formula is C19H25ClN4. The van der Waals surface area contributed by atoms with Crippen LogP contribution in [0.4, 0.5) is 17.5 Å². The second kappa shape index (κ2) is 6.98. The van der Waals surface area contributed by atoms with Crippen molar-refractivity contribution < 1.29 is 0 Å². The molecule has 1 atom stereocenters. The van der Waals surface area contributed by atoms with Crippen LogP contribution in [0.2, 0.25) is 5.02 Å². The summed E-state index contributed by atoms with van der Waals surface area (Å²) in [6.07, 6.45) is 2.48. The van der Waals surface area contributed by atoms with Crippen molar-refractivity contribution in [1.82, 2.24) is 9.97 Å². The van der Waals surface area contributed by atoms with E-state index in [2.05, 4.69) is 35.1 Å². The second-order valence-electron chi connectivity index (χ2n) is 6.95. The molecule has 1 unspecified atom stereocenters. The zero-order valence-electron chi connectivity index (χ0n) is 14.9. The number of aryl methyl sites for hydroxylation is 3. The van der Waals surface area contributed by atoms with E-state index < -0.39 is 0 Å². The van der Waals surface area contributed by atoms with Gasteiger partial charge < -0.3 is 10.2 Å². The normalized spacial score (nSPS) is 17.9. The van der Waals surface area contributed by atoms with Gasteiger partial charge in [0, 0.05) is 24.8 Å². The summed E-state index contributed by atoms with van der Waals surface area (Å²) < 4.78 is 0. The van der Waals surface area contributed by atoms with E-state index in [1.807, 2.05) is 26.0 Å². The second-order valence-corrected chi connectivity index (χ2v) is 7.36. The zero-order chi connectivity index (χ0) is 17.3. The predicted molar refractivity (Wildman–Crippen MR) is 102 cm³/mol. The van der Waals surface area contributed by atoms with E-state index in [4.69, 9.17) is 16.6 Å². The van der Waals surface area contributed by atoms with Crippen LogP contribution < -0.4 is 10.2 Å². The third-order valence-electron chi connectivity index (χ3n) is 4.47. The van der Waals surface area contributed by atoms with Crippen molar-refractivity contribution >= 4 is 29.1 Å². The Bertz CT molecular complexity index is 721. The molecule has 1 N–H and O–H groups in total. The topological polar surface area (TPSA) is 41.1 Å². The summed E-state index contributed by atoms with van der Waals surface area (Å²) in [6.45, 7) is 10.4. The molecule has 0 spiro atoms. The molecule has 1 aliphatic heterocycles. The highest BCUT2D eigenvalue weighted by Gasteiger charge is 2.19. The number of rotatable bonds is 3. The first-order valence-corrected chi connectivity index (χ1v) is 8.94. The Kier molecular flexibility index (Phi) is 4.95. The van der Waals surface area contributed by atoms with Crippen LogP contribution in [-0.2, 0) is 0 Å². The van der Waals surface area contributed by atoms with Gasteiger partial charge in [-0.2, -0.15) is 4.98 Å². The Morgan fingerprint density at radius 3 is 2.67 bits per heavy atom. The fourth-order valence-electron chi connectivity index (χ4n) is 3.33. The van der Waals surface area contributed by atoms with E-state index in [1.54, 1.807) is 0 Å². The van der Waals surface area contributed by atoms with Crippen LogP contribution >= 0.6 is 11.6 Å². The lowest BCUT2D eigenvalue weighted by molar-refractivity contribution is 0.442. The van der Waals surface area contributed by atoms with Crippen LogP contribution in [0.15, 0.2) is 18.2 Å². The van der Waals surface area contributed by atoms with E-state index in [0.717, 1.165) is 52.4 Å². The van der Waals surface area contributed by atoms with Crippen molar-refractivity contribution in [3.05, 3.63) is 40.0 Å². The van der Waals surface area contributed by atoms with E-state index in [0.29, 0.717) is 5.92 Å². The number of hydrogen-bond acceptors (Lipinski definition) is 4. The maximum atomic E-state index is 6.42. The van der Waals surface area contributed by atoms with E-state index in [9.17, 15) is 0 Å². The van der Waals surface area contributed by atoms with Crippen molar-refractivity contribution in [2.75, 3.05) is 23.3 Å². The van der Waals surface area contributed by atoms with Gasteiger partial charge in [-0.25, -0.2) is 4.98 Å². The highest BCUT2D eigenvalue weighted by molar-refractivity contribution is 6.33. The first-order valence-electron chi connectivity index (χ1n) is 8.57. The van der Waals surface area contributed by atoms with Gasteiger partial charge in [-0.1, -0.05) is 24.6 Å².